The first-order chi connectivity index (χ1) is 8.15. The molecule has 1 unspecified atom stereocenters. The summed E-state index contributed by atoms with van der Waals surface area (Å²) in [4.78, 5) is 22.1. The first-order valence-corrected chi connectivity index (χ1v) is 5.20. The Kier molecular flexibility index (Phi) is 7.74. The van der Waals surface area contributed by atoms with Crippen LogP contribution in [0, 0.1) is 0 Å². The number of ether oxygens (including phenoxy) is 2. The Hall–Kier alpha value is -1.59. The molecule has 5 nitrogen and oxygen atoms in total. The average molecular weight is 275 g/mol. The zero-order valence-corrected chi connectivity index (χ0v) is 10.7. The summed E-state index contributed by atoms with van der Waals surface area (Å²) in [6.45, 7) is 1.78. The molecule has 0 fully saturated rings. The van der Waals surface area contributed by atoms with Crippen molar-refractivity contribution in [3.05, 3.63) is 35.9 Å². The number of rotatable bonds is 6. The summed E-state index contributed by atoms with van der Waals surface area (Å²) < 4.78 is 9.64. The van der Waals surface area contributed by atoms with Crippen LogP contribution in [0.3, 0.4) is 0 Å². The predicted octanol–water partition coefficient (Wildman–Crippen LogP) is 1.64. The van der Waals surface area contributed by atoms with E-state index in [1.807, 2.05) is 6.07 Å². The SMILES string of the molecule is CCOC(=O)C(OCc1ccccc1)C(=O)O.Cl. The van der Waals surface area contributed by atoms with Crippen molar-refractivity contribution in [1.82, 2.24) is 0 Å². The molecule has 100 valence electrons. The lowest BCUT2D eigenvalue weighted by Crippen LogP contribution is -2.34. The number of esters is 1. The second-order valence-electron chi connectivity index (χ2n) is 3.27. The minimum Gasteiger partial charge on any atom is -0.479 e. The van der Waals surface area contributed by atoms with Crippen LogP contribution in [0.1, 0.15) is 12.5 Å². The standard InChI is InChI=1S/C12H14O5.ClH/c1-2-16-12(15)10(11(13)14)17-8-9-6-4-3-5-7-9;/h3-7,10H,2,8H2,1H3,(H,13,14);1H. The molecule has 0 saturated carbocycles. The molecule has 1 atom stereocenters. The van der Waals surface area contributed by atoms with Crippen LogP contribution in [0.5, 0.6) is 0 Å². The summed E-state index contributed by atoms with van der Waals surface area (Å²) in [5, 5.41) is 8.82. The summed E-state index contributed by atoms with van der Waals surface area (Å²) in [5.41, 5.74) is 0.794. The normalized spacial score (nSPS) is 11.2. The van der Waals surface area contributed by atoms with Gasteiger partial charge < -0.3 is 14.6 Å². The molecule has 1 N–H and O–H groups in total. The van der Waals surface area contributed by atoms with E-state index in [2.05, 4.69) is 4.74 Å². The van der Waals surface area contributed by atoms with Crippen LogP contribution in [0.15, 0.2) is 30.3 Å². The molecule has 0 bridgehead atoms. The lowest BCUT2D eigenvalue weighted by atomic mass is 10.2. The van der Waals surface area contributed by atoms with Gasteiger partial charge in [-0.3, -0.25) is 0 Å². The molecule has 0 spiro atoms. The number of benzene rings is 1. The average Bonchev–Trinajstić information content (AvgIpc) is 2.30. The number of carboxylic acids is 1. The fraction of sp³-hybridized carbons (Fsp3) is 0.333. The molecule has 0 saturated heterocycles. The third-order valence-corrected chi connectivity index (χ3v) is 1.98. The van der Waals surface area contributed by atoms with Crippen molar-refractivity contribution in [2.75, 3.05) is 6.61 Å². The van der Waals surface area contributed by atoms with Crippen LogP contribution in [0.2, 0.25) is 0 Å². The van der Waals surface area contributed by atoms with Crippen molar-refractivity contribution in [1.29, 1.82) is 0 Å². The first kappa shape index (κ1) is 16.4. The largest absolute Gasteiger partial charge is 0.479 e. The molecule has 1 rings (SSSR count). The molecule has 0 aliphatic rings. The molecule has 0 radical (unpaired) electrons. The lowest BCUT2D eigenvalue weighted by Gasteiger charge is -2.12. The number of halogens is 1. The Balaban J connectivity index is 0.00000289. The van der Waals surface area contributed by atoms with Crippen molar-refractivity contribution < 1.29 is 24.2 Å². The quantitative estimate of drug-likeness (QED) is 0.631. The van der Waals surface area contributed by atoms with Gasteiger partial charge in [-0.1, -0.05) is 30.3 Å². The minimum absolute atomic E-state index is 0. The number of hydrogen-bond acceptors (Lipinski definition) is 4. The van der Waals surface area contributed by atoms with E-state index in [0.29, 0.717) is 0 Å². The highest BCUT2D eigenvalue weighted by atomic mass is 35.5. The maximum Gasteiger partial charge on any atom is 0.347 e. The molecule has 0 aliphatic carbocycles. The van der Waals surface area contributed by atoms with Gasteiger partial charge in [-0.05, 0) is 12.5 Å². The Morgan fingerprint density at radius 1 is 1.28 bits per heavy atom. The van der Waals surface area contributed by atoms with E-state index in [1.165, 1.54) is 0 Å². The van der Waals surface area contributed by atoms with Gasteiger partial charge in [0.2, 0.25) is 0 Å². The van der Waals surface area contributed by atoms with Crippen molar-refractivity contribution in [3.63, 3.8) is 0 Å². The van der Waals surface area contributed by atoms with Crippen LogP contribution in [-0.4, -0.2) is 29.8 Å². The summed E-state index contributed by atoms with van der Waals surface area (Å²) in [6.07, 6.45) is -1.57. The number of hydrogen-bond donors (Lipinski definition) is 1. The van der Waals surface area contributed by atoms with Gasteiger partial charge in [0, 0.05) is 0 Å². The number of carbonyl (C=O) groups is 2. The predicted molar refractivity (Wildman–Crippen MR) is 66.5 cm³/mol. The van der Waals surface area contributed by atoms with E-state index in [9.17, 15) is 9.59 Å². The second kappa shape index (κ2) is 8.49. The lowest BCUT2D eigenvalue weighted by molar-refractivity contribution is -0.170. The highest BCUT2D eigenvalue weighted by molar-refractivity contribution is 5.97. The Morgan fingerprint density at radius 3 is 2.39 bits per heavy atom. The minimum atomic E-state index is -1.57. The molecule has 0 aliphatic heterocycles. The third kappa shape index (κ3) is 5.16. The van der Waals surface area contributed by atoms with Gasteiger partial charge in [0.1, 0.15) is 0 Å². The summed E-state index contributed by atoms with van der Waals surface area (Å²) >= 11 is 0. The second-order valence-corrected chi connectivity index (χ2v) is 3.27. The van der Waals surface area contributed by atoms with Crippen molar-refractivity contribution in [2.45, 2.75) is 19.6 Å². The maximum absolute atomic E-state index is 11.3. The molecule has 0 aromatic heterocycles. The van der Waals surface area contributed by atoms with Crippen LogP contribution < -0.4 is 0 Å². The number of carbonyl (C=O) groups excluding carboxylic acids is 1. The van der Waals surface area contributed by atoms with Gasteiger partial charge in [0.25, 0.3) is 6.10 Å². The highest BCUT2D eigenvalue weighted by Gasteiger charge is 2.28. The molecular weight excluding hydrogens is 260 g/mol. The van der Waals surface area contributed by atoms with Crippen molar-refractivity contribution in [3.8, 4) is 0 Å². The molecule has 1 aromatic rings. The van der Waals surface area contributed by atoms with E-state index in [4.69, 9.17) is 9.84 Å². The van der Waals surface area contributed by atoms with Gasteiger partial charge >= 0.3 is 11.9 Å². The third-order valence-electron chi connectivity index (χ3n) is 1.98. The monoisotopic (exact) mass is 274 g/mol. The number of aliphatic carboxylic acids is 1. The maximum atomic E-state index is 11.3. The Labute approximate surface area is 111 Å². The van der Waals surface area contributed by atoms with Gasteiger partial charge in [-0.15, -0.1) is 12.4 Å². The zero-order chi connectivity index (χ0) is 12.7. The molecule has 6 heteroatoms. The fourth-order valence-electron chi connectivity index (χ4n) is 1.21. The molecule has 1 aromatic carbocycles. The molecule has 0 amide bonds. The molecule has 0 heterocycles. The summed E-state index contributed by atoms with van der Waals surface area (Å²) in [7, 11) is 0. The molecule has 18 heavy (non-hydrogen) atoms. The fourth-order valence-corrected chi connectivity index (χ4v) is 1.21. The first-order valence-electron chi connectivity index (χ1n) is 5.20. The smallest absolute Gasteiger partial charge is 0.347 e. The van der Waals surface area contributed by atoms with Crippen molar-refractivity contribution in [2.24, 2.45) is 0 Å². The van der Waals surface area contributed by atoms with Crippen LogP contribution in [0.4, 0.5) is 0 Å². The van der Waals surface area contributed by atoms with E-state index in [-0.39, 0.29) is 25.6 Å². The topological polar surface area (TPSA) is 72.8 Å². The van der Waals surface area contributed by atoms with Crippen molar-refractivity contribution >= 4 is 24.3 Å². The van der Waals surface area contributed by atoms with E-state index in [0.717, 1.165) is 5.56 Å². The Morgan fingerprint density at radius 2 is 1.89 bits per heavy atom. The Bertz CT molecular complexity index is 379. The van der Waals surface area contributed by atoms with E-state index >= 15 is 0 Å². The van der Waals surface area contributed by atoms with Gasteiger partial charge in [-0.25, -0.2) is 9.59 Å². The highest BCUT2D eigenvalue weighted by Crippen LogP contribution is 2.05. The van der Waals surface area contributed by atoms with Crippen LogP contribution in [0.25, 0.3) is 0 Å². The van der Waals surface area contributed by atoms with E-state index < -0.39 is 18.0 Å². The van der Waals surface area contributed by atoms with Crippen LogP contribution in [-0.2, 0) is 25.7 Å². The van der Waals surface area contributed by atoms with Crippen LogP contribution >= 0.6 is 12.4 Å². The van der Waals surface area contributed by atoms with Gasteiger partial charge in [0.15, 0.2) is 0 Å². The molecular formula is C12H15ClO5. The van der Waals surface area contributed by atoms with Gasteiger partial charge in [-0.2, -0.15) is 0 Å². The number of carboxylic acid groups (broad SMARTS) is 1. The van der Waals surface area contributed by atoms with E-state index in [1.54, 1.807) is 31.2 Å². The summed E-state index contributed by atoms with van der Waals surface area (Å²) in [5.74, 6) is -2.23. The zero-order valence-electron chi connectivity index (χ0n) is 9.87. The summed E-state index contributed by atoms with van der Waals surface area (Å²) in [6, 6.07) is 9.01. The van der Waals surface area contributed by atoms with Gasteiger partial charge in [0.05, 0.1) is 13.2 Å².